The van der Waals surface area contributed by atoms with E-state index < -0.39 is 11.6 Å². The summed E-state index contributed by atoms with van der Waals surface area (Å²) in [5, 5.41) is 9.18. The lowest BCUT2D eigenvalue weighted by atomic mass is 10.1. The van der Waals surface area contributed by atoms with Crippen LogP contribution in [0.1, 0.15) is 11.1 Å². The standard InChI is InChI=1S/C19H18F3N3S/c20-17-2-1-3-18(16(17)12-23)25-10-8-24(9-11-25)13-14-4-6-15(7-5-14)26-19(21)22/h1-7,19H,8-11,13H2. The molecule has 2 aromatic rings. The maximum absolute atomic E-state index is 13.8. The molecule has 1 heterocycles. The Morgan fingerprint density at radius 3 is 2.35 bits per heavy atom. The van der Waals surface area contributed by atoms with Crippen LogP contribution in [0, 0.1) is 17.1 Å². The molecule has 3 nitrogen and oxygen atoms in total. The highest BCUT2D eigenvalue weighted by Gasteiger charge is 2.20. The van der Waals surface area contributed by atoms with Crippen LogP contribution in [0.2, 0.25) is 0 Å². The van der Waals surface area contributed by atoms with Crippen LogP contribution in [0.15, 0.2) is 47.4 Å². The minimum atomic E-state index is -2.41. The van der Waals surface area contributed by atoms with Gasteiger partial charge in [-0.2, -0.15) is 14.0 Å². The summed E-state index contributed by atoms with van der Waals surface area (Å²) in [6, 6.07) is 13.8. The molecule has 0 atom stereocenters. The van der Waals surface area contributed by atoms with E-state index in [1.165, 1.54) is 6.07 Å². The van der Waals surface area contributed by atoms with Crippen molar-refractivity contribution in [1.29, 1.82) is 5.26 Å². The highest BCUT2D eigenvalue weighted by Crippen LogP contribution is 2.26. The van der Waals surface area contributed by atoms with Gasteiger partial charge in [0.25, 0.3) is 5.76 Å². The third-order valence-corrected chi connectivity index (χ3v) is 5.09. The van der Waals surface area contributed by atoms with Gasteiger partial charge in [0.1, 0.15) is 17.4 Å². The molecule has 26 heavy (non-hydrogen) atoms. The number of rotatable bonds is 5. The van der Waals surface area contributed by atoms with Crippen LogP contribution in [0.3, 0.4) is 0 Å². The number of anilines is 1. The Labute approximate surface area is 155 Å². The first-order chi connectivity index (χ1) is 12.6. The van der Waals surface area contributed by atoms with Crippen LogP contribution < -0.4 is 4.90 Å². The second-order valence-corrected chi connectivity index (χ2v) is 7.09. The van der Waals surface area contributed by atoms with Gasteiger partial charge in [-0.1, -0.05) is 30.0 Å². The molecule has 0 bridgehead atoms. The Morgan fingerprint density at radius 1 is 1.04 bits per heavy atom. The zero-order valence-corrected chi connectivity index (χ0v) is 14.9. The Bertz CT molecular complexity index is 782. The van der Waals surface area contributed by atoms with E-state index in [2.05, 4.69) is 4.90 Å². The van der Waals surface area contributed by atoms with Gasteiger partial charge in [-0.05, 0) is 29.8 Å². The summed E-state index contributed by atoms with van der Waals surface area (Å²) in [4.78, 5) is 4.85. The number of halogens is 3. The molecular formula is C19H18F3N3S. The van der Waals surface area contributed by atoms with Gasteiger partial charge in [0, 0.05) is 37.6 Å². The molecule has 2 aromatic carbocycles. The summed E-state index contributed by atoms with van der Waals surface area (Å²) >= 11 is 0.545. The maximum atomic E-state index is 13.8. The fourth-order valence-corrected chi connectivity index (χ4v) is 3.57. The van der Waals surface area contributed by atoms with Crippen molar-refractivity contribution in [3.05, 3.63) is 59.4 Å². The fraction of sp³-hybridized carbons (Fsp3) is 0.316. The SMILES string of the molecule is N#Cc1c(F)cccc1N1CCN(Cc2ccc(SC(F)F)cc2)CC1. The highest BCUT2D eigenvalue weighted by molar-refractivity contribution is 7.99. The average Bonchev–Trinajstić information content (AvgIpc) is 2.63. The molecule has 1 fully saturated rings. The first-order valence-electron chi connectivity index (χ1n) is 8.26. The van der Waals surface area contributed by atoms with Gasteiger partial charge in [0.15, 0.2) is 0 Å². The van der Waals surface area contributed by atoms with E-state index in [-0.39, 0.29) is 5.56 Å². The molecule has 3 rings (SSSR count). The molecule has 0 saturated carbocycles. The van der Waals surface area contributed by atoms with E-state index in [0.717, 1.165) is 25.2 Å². The summed E-state index contributed by atoms with van der Waals surface area (Å²) in [5.74, 6) is -2.90. The molecule has 0 unspecified atom stereocenters. The van der Waals surface area contributed by atoms with Crippen molar-refractivity contribution in [1.82, 2.24) is 4.90 Å². The zero-order valence-electron chi connectivity index (χ0n) is 14.0. The number of benzene rings is 2. The summed E-state index contributed by atoms with van der Waals surface area (Å²) in [7, 11) is 0. The van der Waals surface area contributed by atoms with Gasteiger partial charge in [0.2, 0.25) is 0 Å². The van der Waals surface area contributed by atoms with Gasteiger partial charge >= 0.3 is 0 Å². The molecule has 0 amide bonds. The predicted molar refractivity (Wildman–Crippen MR) is 96.9 cm³/mol. The largest absolute Gasteiger partial charge is 0.368 e. The lowest BCUT2D eigenvalue weighted by Gasteiger charge is -2.36. The Balaban J connectivity index is 1.58. The quantitative estimate of drug-likeness (QED) is 0.726. The smallest absolute Gasteiger partial charge is 0.288 e. The topological polar surface area (TPSA) is 30.3 Å². The van der Waals surface area contributed by atoms with Gasteiger partial charge in [0.05, 0.1) is 5.69 Å². The molecule has 1 aliphatic heterocycles. The molecule has 0 aromatic heterocycles. The van der Waals surface area contributed by atoms with Crippen molar-refractivity contribution in [2.45, 2.75) is 17.2 Å². The Morgan fingerprint density at radius 2 is 1.73 bits per heavy atom. The van der Waals surface area contributed by atoms with Crippen LogP contribution in [0.4, 0.5) is 18.9 Å². The van der Waals surface area contributed by atoms with Crippen LogP contribution in [-0.4, -0.2) is 36.8 Å². The molecule has 0 aliphatic carbocycles. The number of hydrogen-bond acceptors (Lipinski definition) is 4. The van der Waals surface area contributed by atoms with Gasteiger partial charge < -0.3 is 4.90 Å². The van der Waals surface area contributed by atoms with Crippen molar-refractivity contribution in [2.75, 3.05) is 31.1 Å². The Kier molecular flexibility index (Phi) is 6.07. The molecule has 0 radical (unpaired) electrons. The van der Waals surface area contributed by atoms with E-state index in [4.69, 9.17) is 0 Å². The molecule has 7 heteroatoms. The minimum Gasteiger partial charge on any atom is -0.368 e. The third-order valence-electron chi connectivity index (χ3n) is 4.37. The summed E-state index contributed by atoms with van der Waals surface area (Å²) < 4.78 is 38.5. The second-order valence-electron chi connectivity index (χ2n) is 6.03. The Hall–Kier alpha value is -2.17. The predicted octanol–water partition coefficient (Wildman–Crippen LogP) is 4.33. The van der Waals surface area contributed by atoms with Crippen LogP contribution in [0.5, 0.6) is 0 Å². The van der Waals surface area contributed by atoms with E-state index in [1.807, 2.05) is 23.1 Å². The van der Waals surface area contributed by atoms with Gasteiger partial charge in [-0.3, -0.25) is 4.90 Å². The van der Waals surface area contributed by atoms with Crippen LogP contribution in [0.25, 0.3) is 0 Å². The molecular weight excluding hydrogens is 359 g/mol. The second kappa shape index (κ2) is 8.47. The maximum Gasteiger partial charge on any atom is 0.288 e. The van der Waals surface area contributed by atoms with Crippen molar-refractivity contribution in [2.24, 2.45) is 0 Å². The molecule has 1 aliphatic rings. The first-order valence-corrected chi connectivity index (χ1v) is 9.14. The van der Waals surface area contributed by atoms with Crippen molar-refractivity contribution < 1.29 is 13.2 Å². The number of alkyl halides is 2. The van der Waals surface area contributed by atoms with Crippen molar-refractivity contribution >= 4 is 17.4 Å². The van der Waals surface area contributed by atoms with E-state index in [9.17, 15) is 18.4 Å². The number of nitrogens with zero attached hydrogens (tertiary/aromatic N) is 3. The lowest BCUT2D eigenvalue weighted by Crippen LogP contribution is -2.46. The third kappa shape index (κ3) is 4.51. The number of hydrogen-bond donors (Lipinski definition) is 0. The number of nitriles is 1. The lowest BCUT2D eigenvalue weighted by molar-refractivity contribution is 0.249. The summed E-state index contributed by atoms with van der Waals surface area (Å²) in [6.07, 6.45) is 0. The van der Waals surface area contributed by atoms with Gasteiger partial charge in [-0.15, -0.1) is 0 Å². The van der Waals surface area contributed by atoms with Crippen LogP contribution in [-0.2, 0) is 6.54 Å². The van der Waals surface area contributed by atoms with E-state index >= 15 is 0 Å². The fourth-order valence-electron chi connectivity index (χ4n) is 3.07. The monoisotopic (exact) mass is 377 g/mol. The van der Waals surface area contributed by atoms with E-state index in [1.54, 1.807) is 24.3 Å². The molecule has 0 N–H and O–H groups in total. The minimum absolute atomic E-state index is 0.0908. The van der Waals surface area contributed by atoms with Crippen molar-refractivity contribution in [3.63, 3.8) is 0 Å². The number of thioether (sulfide) groups is 1. The average molecular weight is 377 g/mol. The van der Waals surface area contributed by atoms with Crippen LogP contribution >= 0.6 is 11.8 Å². The van der Waals surface area contributed by atoms with Crippen molar-refractivity contribution in [3.8, 4) is 6.07 Å². The number of piperazine rings is 1. The molecule has 0 spiro atoms. The molecule has 136 valence electrons. The zero-order chi connectivity index (χ0) is 18.5. The van der Waals surface area contributed by atoms with E-state index in [0.29, 0.717) is 35.4 Å². The first kappa shape index (κ1) is 18.6. The summed E-state index contributed by atoms with van der Waals surface area (Å²) in [5.41, 5.74) is 1.80. The molecule has 1 saturated heterocycles. The highest BCUT2D eigenvalue weighted by atomic mass is 32.2. The summed E-state index contributed by atoms with van der Waals surface area (Å²) in [6.45, 7) is 3.72. The van der Waals surface area contributed by atoms with Gasteiger partial charge in [-0.25, -0.2) is 4.39 Å². The normalized spacial score (nSPS) is 15.3.